The lowest BCUT2D eigenvalue weighted by molar-refractivity contribution is 0.748. The first-order valence-electron chi connectivity index (χ1n) is 6.56. The molecule has 0 aliphatic rings. The average Bonchev–Trinajstić information content (AvgIpc) is 2.42. The number of unbranched alkanes of at least 4 members (excludes halogenated alkanes) is 2. The Bertz CT molecular complexity index is 530. The summed E-state index contributed by atoms with van der Waals surface area (Å²) in [6.45, 7) is 0.925. The molecule has 0 bridgehead atoms. The summed E-state index contributed by atoms with van der Waals surface area (Å²) in [4.78, 5) is 8.52. The van der Waals surface area contributed by atoms with Crippen LogP contribution in [-0.2, 0) is 0 Å². The first kappa shape index (κ1) is 13.9. The number of nitrogens with zero attached hydrogens (tertiary/aromatic N) is 2. The fraction of sp³-hybridized carbons (Fsp3) is 0.429. The van der Waals surface area contributed by atoms with E-state index in [1.807, 2.05) is 36.0 Å². The summed E-state index contributed by atoms with van der Waals surface area (Å²) in [6, 6.07) is 7.92. The van der Waals surface area contributed by atoms with Crippen molar-refractivity contribution in [1.82, 2.24) is 9.97 Å². The molecule has 0 radical (unpaired) electrons. The van der Waals surface area contributed by atoms with Gasteiger partial charge in [-0.25, -0.2) is 4.98 Å². The van der Waals surface area contributed by atoms with Gasteiger partial charge < -0.3 is 11.1 Å². The van der Waals surface area contributed by atoms with Crippen molar-refractivity contribution in [3.05, 3.63) is 24.3 Å². The van der Waals surface area contributed by atoms with E-state index in [9.17, 15) is 0 Å². The van der Waals surface area contributed by atoms with E-state index in [0.29, 0.717) is 5.95 Å². The predicted molar refractivity (Wildman–Crippen MR) is 84.7 cm³/mol. The fourth-order valence-electron chi connectivity index (χ4n) is 1.98. The number of nitrogens with two attached hydrogens (primary N) is 1. The van der Waals surface area contributed by atoms with Gasteiger partial charge in [-0.15, -0.1) is 0 Å². The molecule has 102 valence electrons. The molecule has 2 aromatic rings. The highest BCUT2D eigenvalue weighted by Gasteiger charge is 2.04. The van der Waals surface area contributed by atoms with E-state index in [1.54, 1.807) is 0 Å². The molecule has 0 aliphatic carbocycles. The number of para-hydroxylation sites is 1. The molecule has 5 heteroatoms. The Morgan fingerprint density at radius 3 is 2.84 bits per heavy atom. The number of fused-ring (bicyclic) bond motifs is 1. The SMILES string of the molecule is CSCCCCCNc1nc(N)nc2ccccc12. The van der Waals surface area contributed by atoms with E-state index in [0.717, 1.165) is 29.7 Å². The van der Waals surface area contributed by atoms with Gasteiger partial charge in [0.25, 0.3) is 0 Å². The third-order valence-electron chi connectivity index (χ3n) is 2.94. The van der Waals surface area contributed by atoms with Crippen molar-refractivity contribution in [2.75, 3.05) is 29.6 Å². The maximum atomic E-state index is 5.73. The molecule has 0 saturated heterocycles. The van der Waals surface area contributed by atoms with Crippen LogP contribution < -0.4 is 11.1 Å². The molecule has 0 amide bonds. The maximum Gasteiger partial charge on any atom is 0.222 e. The number of thioether (sulfide) groups is 1. The highest BCUT2D eigenvalue weighted by atomic mass is 32.2. The van der Waals surface area contributed by atoms with Gasteiger partial charge in [-0.2, -0.15) is 16.7 Å². The molecule has 1 aromatic carbocycles. The number of nitrogens with one attached hydrogen (secondary N) is 1. The number of aromatic nitrogens is 2. The Kier molecular flexibility index (Phi) is 5.27. The molecule has 0 atom stereocenters. The molecule has 3 N–H and O–H groups in total. The van der Waals surface area contributed by atoms with Crippen LogP contribution in [0.2, 0.25) is 0 Å². The van der Waals surface area contributed by atoms with Gasteiger partial charge >= 0.3 is 0 Å². The van der Waals surface area contributed by atoms with Gasteiger partial charge in [0.1, 0.15) is 5.82 Å². The molecule has 0 fully saturated rings. The van der Waals surface area contributed by atoms with E-state index in [2.05, 4.69) is 21.5 Å². The molecule has 2 rings (SSSR count). The van der Waals surface area contributed by atoms with Gasteiger partial charge in [-0.1, -0.05) is 18.6 Å². The highest BCUT2D eigenvalue weighted by Crippen LogP contribution is 2.20. The van der Waals surface area contributed by atoms with Crippen molar-refractivity contribution in [3.8, 4) is 0 Å². The smallest absolute Gasteiger partial charge is 0.222 e. The summed E-state index contributed by atoms with van der Waals surface area (Å²) in [5.41, 5.74) is 6.62. The van der Waals surface area contributed by atoms with Gasteiger partial charge in [0.2, 0.25) is 5.95 Å². The van der Waals surface area contributed by atoms with Crippen LogP contribution in [0.15, 0.2) is 24.3 Å². The van der Waals surface area contributed by atoms with Crippen LogP contribution in [0.5, 0.6) is 0 Å². The van der Waals surface area contributed by atoms with Crippen LogP contribution >= 0.6 is 11.8 Å². The van der Waals surface area contributed by atoms with Crippen molar-refractivity contribution in [3.63, 3.8) is 0 Å². The van der Waals surface area contributed by atoms with Gasteiger partial charge in [-0.3, -0.25) is 0 Å². The normalized spacial score (nSPS) is 10.8. The molecule has 0 spiro atoms. The largest absolute Gasteiger partial charge is 0.369 e. The van der Waals surface area contributed by atoms with Gasteiger partial charge in [0.05, 0.1) is 5.52 Å². The number of nitrogen functional groups attached to an aromatic ring is 1. The summed E-state index contributed by atoms with van der Waals surface area (Å²) in [5, 5.41) is 4.40. The minimum absolute atomic E-state index is 0.323. The minimum atomic E-state index is 0.323. The van der Waals surface area contributed by atoms with Crippen LogP contribution in [0.4, 0.5) is 11.8 Å². The summed E-state index contributed by atoms with van der Waals surface area (Å²) in [5.74, 6) is 2.40. The predicted octanol–water partition coefficient (Wildman–Crippen LogP) is 3.16. The Morgan fingerprint density at radius 2 is 2.00 bits per heavy atom. The number of benzene rings is 1. The Morgan fingerprint density at radius 1 is 1.16 bits per heavy atom. The molecule has 0 aliphatic heterocycles. The van der Waals surface area contributed by atoms with E-state index in [-0.39, 0.29) is 0 Å². The van der Waals surface area contributed by atoms with Crippen molar-refractivity contribution in [1.29, 1.82) is 0 Å². The number of hydrogen-bond donors (Lipinski definition) is 2. The Balaban J connectivity index is 1.96. The first-order valence-corrected chi connectivity index (χ1v) is 7.95. The van der Waals surface area contributed by atoms with E-state index < -0.39 is 0 Å². The second-order valence-corrected chi connectivity index (χ2v) is 5.41. The van der Waals surface area contributed by atoms with Crippen LogP contribution in [0.1, 0.15) is 19.3 Å². The highest BCUT2D eigenvalue weighted by molar-refractivity contribution is 7.98. The lowest BCUT2D eigenvalue weighted by atomic mass is 10.2. The molecular formula is C14H20N4S. The lowest BCUT2D eigenvalue weighted by Crippen LogP contribution is -2.06. The molecule has 0 unspecified atom stereocenters. The second-order valence-electron chi connectivity index (χ2n) is 4.43. The van der Waals surface area contributed by atoms with E-state index in [1.165, 1.54) is 18.6 Å². The van der Waals surface area contributed by atoms with Crippen LogP contribution in [0.3, 0.4) is 0 Å². The van der Waals surface area contributed by atoms with Gasteiger partial charge in [-0.05, 0) is 37.0 Å². The minimum Gasteiger partial charge on any atom is -0.369 e. The zero-order valence-corrected chi connectivity index (χ0v) is 12.0. The number of anilines is 2. The van der Waals surface area contributed by atoms with E-state index in [4.69, 9.17) is 5.73 Å². The molecule has 19 heavy (non-hydrogen) atoms. The Hall–Kier alpha value is -1.49. The molecule has 1 aromatic heterocycles. The first-order chi connectivity index (χ1) is 9.31. The monoisotopic (exact) mass is 276 g/mol. The van der Waals surface area contributed by atoms with Gasteiger partial charge in [0.15, 0.2) is 0 Å². The van der Waals surface area contributed by atoms with Crippen LogP contribution in [0.25, 0.3) is 10.9 Å². The number of hydrogen-bond acceptors (Lipinski definition) is 5. The summed E-state index contributed by atoms with van der Waals surface area (Å²) < 4.78 is 0. The molecule has 0 saturated carbocycles. The summed E-state index contributed by atoms with van der Waals surface area (Å²) >= 11 is 1.90. The van der Waals surface area contributed by atoms with Crippen LogP contribution in [-0.4, -0.2) is 28.5 Å². The molecule has 4 nitrogen and oxygen atoms in total. The quantitative estimate of drug-likeness (QED) is 0.761. The summed E-state index contributed by atoms with van der Waals surface area (Å²) in [7, 11) is 0. The van der Waals surface area contributed by atoms with Crippen LogP contribution in [0, 0.1) is 0 Å². The van der Waals surface area contributed by atoms with Crippen molar-refractivity contribution in [2.24, 2.45) is 0 Å². The fourth-order valence-corrected chi connectivity index (χ4v) is 2.48. The Labute approximate surface area is 118 Å². The average molecular weight is 276 g/mol. The molecular weight excluding hydrogens is 256 g/mol. The lowest BCUT2D eigenvalue weighted by Gasteiger charge is -2.09. The zero-order valence-electron chi connectivity index (χ0n) is 11.2. The third-order valence-corrected chi connectivity index (χ3v) is 3.64. The number of rotatable bonds is 7. The van der Waals surface area contributed by atoms with Crippen molar-refractivity contribution >= 4 is 34.4 Å². The van der Waals surface area contributed by atoms with E-state index >= 15 is 0 Å². The van der Waals surface area contributed by atoms with Crippen molar-refractivity contribution < 1.29 is 0 Å². The van der Waals surface area contributed by atoms with Gasteiger partial charge in [0, 0.05) is 11.9 Å². The standard InChI is InChI=1S/C14H20N4S/c1-19-10-6-2-5-9-16-13-11-7-3-4-8-12(11)17-14(15)18-13/h3-4,7-8H,2,5-6,9-10H2,1H3,(H3,15,16,17,18). The molecule has 1 heterocycles. The summed E-state index contributed by atoms with van der Waals surface area (Å²) in [6.07, 6.45) is 5.81. The maximum absolute atomic E-state index is 5.73. The van der Waals surface area contributed by atoms with Crippen molar-refractivity contribution in [2.45, 2.75) is 19.3 Å². The second kappa shape index (κ2) is 7.19. The zero-order chi connectivity index (χ0) is 13.5. The third kappa shape index (κ3) is 3.99. The topological polar surface area (TPSA) is 63.8 Å².